The Bertz CT molecular complexity index is 328. The highest BCUT2D eigenvalue weighted by atomic mass is 35.5. The molecule has 0 atom stereocenters. The number of aromatic nitrogens is 1. The number of carbonyl (C=O) groups is 1. The Kier molecular flexibility index (Phi) is 3.22. The van der Waals surface area contributed by atoms with Gasteiger partial charge in [-0.15, -0.1) is 0 Å². The summed E-state index contributed by atoms with van der Waals surface area (Å²) in [6.45, 7) is 0.270. The minimum atomic E-state index is -0.580. The van der Waals surface area contributed by atoms with E-state index in [1.54, 1.807) is 6.07 Å². The van der Waals surface area contributed by atoms with Gasteiger partial charge in [0.2, 0.25) is 0 Å². The molecular weight excluding hydrogens is 192 g/mol. The number of methoxy groups -OCH3 is 1. The molecular formula is C8H9ClN2O2. The van der Waals surface area contributed by atoms with Crippen LogP contribution in [-0.2, 0) is 11.3 Å². The summed E-state index contributed by atoms with van der Waals surface area (Å²) in [5.41, 5.74) is 5.89. The molecule has 0 fully saturated rings. The summed E-state index contributed by atoms with van der Waals surface area (Å²) < 4.78 is 4.87. The number of ether oxygens (including phenoxy) is 1. The molecule has 0 saturated heterocycles. The maximum absolute atomic E-state index is 10.9. The van der Waals surface area contributed by atoms with Crippen LogP contribution in [0.25, 0.3) is 0 Å². The van der Waals surface area contributed by atoms with E-state index in [2.05, 4.69) is 4.98 Å². The fourth-order valence-corrected chi connectivity index (χ4v) is 1.15. The molecule has 0 aromatic carbocycles. The highest BCUT2D eigenvalue weighted by molar-refractivity contribution is 6.30. The van der Waals surface area contributed by atoms with Gasteiger partial charge in [-0.2, -0.15) is 0 Å². The molecule has 4 nitrogen and oxygen atoms in total. The number of rotatable bonds is 3. The van der Waals surface area contributed by atoms with Gasteiger partial charge in [0.05, 0.1) is 11.6 Å². The normalized spacial score (nSPS) is 10.0. The van der Waals surface area contributed by atoms with Crippen molar-refractivity contribution >= 4 is 17.5 Å². The van der Waals surface area contributed by atoms with E-state index in [1.165, 1.54) is 13.3 Å². The average molecular weight is 201 g/mol. The average Bonchev–Trinajstić information content (AvgIpc) is 2.04. The Balaban J connectivity index is 3.10. The molecule has 0 bridgehead atoms. The Morgan fingerprint density at radius 1 is 1.77 bits per heavy atom. The number of hydrogen-bond acceptors (Lipinski definition) is 3. The van der Waals surface area contributed by atoms with Crippen LogP contribution in [0.2, 0.25) is 5.02 Å². The molecule has 1 heterocycles. The number of halogens is 1. The standard InChI is InChI=1S/C8H9ClN2O2/c1-13-4-5-2-6(9)3-11-7(5)8(10)12/h2-3H,4H2,1H3,(H2,10,12). The molecule has 13 heavy (non-hydrogen) atoms. The van der Waals surface area contributed by atoms with Gasteiger partial charge >= 0.3 is 0 Å². The molecule has 2 N–H and O–H groups in total. The van der Waals surface area contributed by atoms with E-state index >= 15 is 0 Å². The van der Waals surface area contributed by atoms with Crippen molar-refractivity contribution in [2.75, 3.05) is 7.11 Å². The quantitative estimate of drug-likeness (QED) is 0.791. The largest absolute Gasteiger partial charge is 0.380 e. The summed E-state index contributed by atoms with van der Waals surface area (Å²) in [7, 11) is 1.52. The lowest BCUT2D eigenvalue weighted by Gasteiger charge is -2.04. The number of primary amides is 1. The number of nitrogens with zero attached hydrogens (tertiary/aromatic N) is 1. The topological polar surface area (TPSA) is 65.2 Å². The molecule has 1 aromatic rings. The van der Waals surface area contributed by atoms with E-state index in [0.717, 1.165) is 0 Å². The smallest absolute Gasteiger partial charge is 0.267 e. The minimum absolute atomic E-state index is 0.200. The van der Waals surface area contributed by atoms with Crippen molar-refractivity contribution in [1.82, 2.24) is 4.98 Å². The van der Waals surface area contributed by atoms with Gasteiger partial charge in [0.1, 0.15) is 5.69 Å². The van der Waals surface area contributed by atoms with Crippen LogP contribution in [0.5, 0.6) is 0 Å². The highest BCUT2D eigenvalue weighted by Crippen LogP contribution is 2.13. The lowest BCUT2D eigenvalue weighted by atomic mass is 10.2. The van der Waals surface area contributed by atoms with Gasteiger partial charge in [-0.3, -0.25) is 4.79 Å². The van der Waals surface area contributed by atoms with E-state index in [0.29, 0.717) is 10.6 Å². The van der Waals surface area contributed by atoms with E-state index in [-0.39, 0.29) is 12.3 Å². The zero-order valence-electron chi connectivity index (χ0n) is 7.08. The first-order valence-electron chi connectivity index (χ1n) is 3.58. The van der Waals surface area contributed by atoms with Gasteiger partial charge in [0.25, 0.3) is 5.91 Å². The van der Waals surface area contributed by atoms with Crippen molar-refractivity contribution in [3.05, 3.63) is 28.5 Å². The van der Waals surface area contributed by atoms with Crippen LogP contribution in [0.4, 0.5) is 0 Å². The summed E-state index contributed by atoms with van der Waals surface area (Å²) >= 11 is 5.69. The van der Waals surface area contributed by atoms with Crippen molar-refractivity contribution in [1.29, 1.82) is 0 Å². The van der Waals surface area contributed by atoms with E-state index < -0.39 is 5.91 Å². The predicted octanol–water partition coefficient (Wildman–Crippen LogP) is 0.980. The molecule has 1 aromatic heterocycles. The monoisotopic (exact) mass is 200 g/mol. The Morgan fingerprint density at radius 3 is 3.00 bits per heavy atom. The summed E-state index contributed by atoms with van der Waals surface area (Å²) in [5, 5.41) is 0.456. The van der Waals surface area contributed by atoms with Gasteiger partial charge in [-0.1, -0.05) is 11.6 Å². The third kappa shape index (κ3) is 2.40. The van der Waals surface area contributed by atoms with Crippen LogP contribution in [0.3, 0.4) is 0 Å². The second-order valence-electron chi connectivity index (χ2n) is 2.46. The zero-order chi connectivity index (χ0) is 9.84. The van der Waals surface area contributed by atoms with Crippen LogP contribution in [0.1, 0.15) is 16.1 Å². The summed E-state index contributed by atoms with van der Waals surface area (Å²) in [4.78, 5) is 14.7. The Hall–Kier alpha value is -1.13. The van der Waals surface area contributed by atoms with E-state index in [4.69, 9.17) is 22.1 Å². The first-order valence-corrected chi connectivity index (χ1v) is 3.96. The van der Waals surface area contributed by atoms with Crippen LogP contribution in [0, 0.1) is 0 Å². The number of carbonyl (C=O) groups excluding carboxylic acids is 1. The maximum Gasteiger partial charge on any atom is 0.267 e. The summed E-state index contributed by atoms with van der Waals surface area (Å²) in [6, 6.07) is 1.61. The molecule has 1 rings (SSSR count). The van der Waals surface area contributed by atoms with Crippen LogP contribution in [-0.4, -0.2) is 18.0 Å². The molecule has 70 valence electrons. The molecule has 1 amide bonds. The number of nitrogens with two attached hydrogens (primary N) is 1. The molecule has 0 aliphatic heterocycles. The molecule has 5 heteroatoms. The number of amides is 1. The second kappa shape index (κ2) is 4.20. The molecule has 0 saturated carbocycles. The molecule has 0 radical (unpaired) electrons. The first kappa shape index (κ1) is 9.95. The van der Waals surface area contributed by atoms with Gasteiger partial charge in [-0.05, 0) is 6.07 Å². The van der Waals surface area contributed by atoms with Crippen molar-refractivity contribution < 1.29 is 9.53 Å². The summed E-state index contributed by atoms with van der Waals surface area (Å²) in [5.74, 6) is -0.580. The second-order valence-corrected chi connectivity index (χ2v) is 2.89. The highest BCUT2D eigenvalue weighted by Gasteiger charge is 2.09. The third-order valence-corrected chi connectivity index (χ3v) is 1.67. The van der Waals surface area contributed by atoms with Crippen LogP contribution in [0.15, 0.2) is 12.3 Å². The van der Waals surface area contributed by atoms with Gasteiger partial charge in [0.15, 0.2) is 0 Å². The maximum atomic E-state index is 10.9. The zero-order valence-corrected chi connectivity index (χ0v) is 7.84. The van der Waals surface area contributed by atoms with Crippen LogP contribution < -0.4 is 5.73 Å². The molecule has 0 spiro atoms. The van der Waals surface area contributed by atoms with E-state index in [9.17, 15) is 4.79 Å². The lowest BCUT2D eigenvalue weighted by molar-refractivity contribution is 0.0990. The molecule has 0 aliphatic rings. The fourth-order valence-electron chi connectivity index (χ4n) is 0.969. The Labute approximate surface area is 80.7 Å². The predicted molar refractivity (Wildman–Crippen MR) is 48.5 cm³/mol. The fraction of sp³-hybridized carbons (Fsp3) is 0.250. The Morgan fingerprint density at radius 2 is 2.46 bits per heavy atom. The van der Waals surface area contributed by atoms with Crippen molar-refractivity contribution in [3.8, 4) is 0 Å². The number of hydrogen-bond donors (Lipinski definition) is 1. The lowest BCUT2D eigenvalue weighted by Crippen LogP contribution is -2.16. The summed E-state index contributed by atoms with van der Waals surface area (Å²) in [6.07, 6.45) is 1.38. The third-order valence-electron chi connectivity index (χ3n) is 1.47. The number of pyridine rings is 1. The van der Waals surface area contributed by atoms with Gasteiger partial charge in [0, 0.05) is 18.9 Å². The van der Waals surface area contributed by atoms with Gasteiger partial charge in [-0.25, -0.2) is 4.98 Å². The van der Waals surface area contributed by atoms with Crippen LogP contribution >= 0.6 is 11.6 Å². The minimum Gasteiger partial charge on any atom is -0.380 e. The molecule has 0 aliphatic carbocycles. The van der Waals surface area contributed by atoms with Crippen molar-refractivity contribution in [2.45, 2.75) is 6.61 Å². The van der Waals surface area contributed by atoms with Crippen molar-refractivity contribution in [3.63, 3.8) is 0 Å². The SMILES string of the molecule is COCc1cc(Cl)cnc1C(N)=O. The van der Waals surface area contributed by atoms with Gasteiger partial charge < -0.3 is 10.5 Å². The first-order chi connectivity index (χ1) is 6.15. The van der Waals surface area contributed by atoms with Crippen molar-refractivity contribution in [2.24, 2.45) is 5.73 Å². The van der Waals surface area contributed by atoms with E-state index in [1.807, 2.05) is 0 Å². The molecule has 0 unspecified atom stereocenters.